The number of benzene rings is 1. The largest absolute Gasteiger partial charge is 0.379 e. The van der Waals surface area contributed by atoms with Gasteiger partial charge in [0.05, 0.1) is 0 Å². The van der Waals surface area contributed by atoms with Crippen LogP contribution in [0.1, 0.15) is 0 Å². The molecule has 0 aliphatic carbocycles. The second kappa shape index (κ2) is 7.23. The van der Waals surface area contributed by atoms with Crippen molar-refractivity contribution in [2.24, 2.45) is 0 Å². The number of anilines is 3. The van der Waals surface area contributed by atoms with Crippen LogP contribution in [0.4, 0.5) is 21.5 Å². The molecular formula is C18H23FN4O2. The van der Waals surface area contributed by atoms with Crippen molar-refractivity contribution in [3.63, 3.8) is 0 Å². The SMILES string of the molecule is CN(C)CCNc1c(N2CCN(c3ccc(F)cc3)CC2)c(=O)c1=O. The summed E-state index contributed by atoms with van der Waals surface area (Å²) in [5.74, 6) is -0.250. The summed E-state index contributed by atoms with van der Waals surface area (Å²) in [6, 6.07) is 6.42. The molecule has 1 aliphatic rings. The molecule has 1 heterocycles. The van der Waals surface area contributed by atoms with Crippen molar-refractivity contribution in [2.45, 2.75) is 0 Å². The number of hydrogen-bond donors (Lipinski definition) is 1. The molecule has 3 rings (SSSR count). The summed E-state index contributed by atoms with van der Waals surface area (Å²) < 4.78 is 13.0. The Morgan fingerprint density at radius 2 is 1.60 bits per heavy atom. The van der Waals surface area contributed by atoms with E-state index in [0.29, 0.717) is 31.0 Å². The smallest absolute Gasteiger partial charge is 0.253 e. The molecule has 7 heteroatoms. The molecular weight excluding hydrogens is 323 g/mol. The summed E-state index contributed by atoms with van der Waals surface area (Å²) in [6.07, 6.45) is 0. The van der Waals surface area contributed by atoms with Gasteiger partial charge < -0.3 is 20.0 Å². The number of rotatable bonds is 6. The van der Waals surface area contributed by atoms with E-state index in [-0.39, 0.29) is 5.82 Å². The molecule has 0 radical (unpaired) electrons. The monoisotopic (exact) mass is 346 g/mol. The minimum Gasteiger partial charge on any atom is -0.379 e. The maximum absolute atomic E-state index is 13.0. The maximum Gasteiger partial charge on any atom is 0.253 e. The fourth-order valence-corrected chi connectivity index (χ4v) is 3.09. The highest BCUT2D eigenvalue weighted by atomic mass is 19.1. The highest BCUT2D eigenvalue weighted by Gasteiger charge is 2.28. The molecule has 1 aliphatic heterocycles. The Morgan fingerprint density at radius 1 is 1.00 bits per heavy atom. The van der Waals surface area contributed by atoms with Crippen LogP contribution >= 0.6 is 0 Å². The summed E-state index contributed by atoms with van der Waals surface area (Å²) >= 11 is 0. The van der Waals surface area contributed by atoms with Crippen molar-refractivity contribution in [1.29, 1.82) is 0 Å². The molecule has 2 aromatic carbocycles. The maximum atomic E-state index is 13.0. The van der Waals surface area contributed by atoms with Gasteiger partial charge in [0.25, 0.3) is 10.9 Å². The summed E-state index contributed by atoms with van der Waals surface area (Å²) in [4.78, 5) is 30.0. The van der Waals surface area contributed by atoms with Gasteiger partial charge in [-0.05, 0) is 38.4 Å². The van der Waals surface area contributed by atoms with Crippen molar-refractivity contribution >= 4 is 17.1 Å². The highest BCUT2D eigenvalue weighted by molar-refractivity contribution is 5.75. The lowest BCUT2D eigenvalue weighted by Gasteiger charge is -2.38. The summed E-state index contributed by atoms with van der Waals surface area (Å²) in [5, 5.41) is 3.10. The second-order valence-electron chi connectivity index (χ2n) is 6.56. The third-order valence-corrected chi connectivity index (χ3v) is 4.53. The molecule has 134 valence electrons. The first-order chi connectivity index (χ1) is 12.0. The first-order valence-electron chi connectivity index (χ1n) is 8.44. The Balaban J connectivity index is 1.63. The van der Waals surface area contributed by atoms with Gasteiger partial charge in [0.15, 0.2) is 0 Å². The Hall–Kier alpha value is -2.41. The highest BCUT2D eigenvalue weighted by Crippen LogP contribution is 2.23. The van der Waals surface area contributed by atoms with Crippen LogP contribution in [0.5, 0.6) is 0 Å². The van der Waals surface area contributed by atoms with Crippen LogP contribution in [0.15, 0.2) is 33.9 Å². The summed E-state index contributed by atoms with van der Waals surface area (Å²) in [5.41, 5.74) is 1.11. The van der Waals surface area contributed by atoms with Gasteiger partial charge in [-0.25, -0.2) is 4.39 Å². The zero-order valence-corrected chi connectivity index (χ0v) is 14.6. The van der Waals surface area contributed by atoms with Crippen LogP contribution in [0, 0.1) is 5.82 Å². The number of piperazine rings is 1. The molecule has 1 fully saturated rings. The van der Waals surface area contributed by atoms with Crippen molar-refractivity contribution in [1.82, 2.24) is 4.90 Å². The average Bonchev–Trinajstić information content (AvgIpc) is 2.61. The molecule has 0 amide bonds. The quantitative estimate of drug-likeness (QED) is 0.778. The van der Waals surface area contributed by atoms with Crippen LogP contribution in [-0.4, -0.2) is 58.3 Å². The molecule has 0 bridgehead atoms. The number of likely N-dealkylation sites (N-methyl/N-ethyl adjacent to an activating group) is 1. The van der Waals surface area contributed by atoms with Crippen LogP contribution in [-0.2, 0) is 0 Å². The third-order valence-electron chi connectivity index (χ3n) is 4.53. The molecule has 2 aromatic rings. The van der Waals surface area contributed by atoms with E-state index < -0.39 is 10.9 Å². The van der Waals surface area contributed by atoms with Gasteiger partial charge in [-0.1, -0.05) is 0 Å². The van der Waals surface area contributed by atoms with Gasteiger partial charge >= 0.3 is 0 Å². The average molecular weight is 346 g/mol. The first kappa shape index (κ1) is 17.4. The molecule has 0 unspecified atom stereocenters. The van der Waals surface area contributed by atoms with Crippen LogP contribution in [0.3, 0.4) is 0 Å². The van der Waals surface area contributed by atoms with E-state index in [4.69, 9.17) is 0 Å². The first-order valence-corrected chi connectivity index (χ1v) is 8.44. The standard InChI is InChI=1S/C18H23FN4O2/c1-21(2)8-7-20-15-16(18(25)17(15)24)23-11-9-22(10-12-23)14-5-3-13(19)4-6-14/h3-6,20H,7-12H2,1-2H3. The number of nitrogens with one attached hydrogen (secondary N) is 1. The normalized spacial score (nSPS) is 15.2. The Morgan fingerprint density at radius 3 is 2.20 bits per heavy atom. The summed E-state index contributed by atoms with van der Waals surface area (Å²) in [6.45, 7) is 4.18. The van der Waals surface area contributed by atoms with Crippen molar-refractivity contribution in [3.8, 4) is 0 Å². The minimum atomic E-state index is -0.422. The van der Waals surface area contributed by atoms with Crippen molar-refractivity contribution < 1.29 is 4.39 Å². The van der Waals surface area contributed by atoms with E-state index in [1.54, 1.807) is 12.1 Å². The van der Waals surface area contributed by atoms with E-state index in [1.165, 1.54) is 12.1 Å². The zero-order valence-electron chi connectivity index (χ0n) is 14.6. The van der Waals surface area contributed by atoms with Gasteiger partial charge in [-0.2, -0.15) is 0 Å². The Labute approximate surface area is 146 Å². The lowest BCUT2D eigenvalue weighted by molar-refractivity contribution is 0.425. The minimum absolute atomic E-state index is 0.250. The van der Waals surface area contributed by atoms with E-state index in [0.717, 1.165) is 25.3 Å². The lowest BCUT2D eigenvalue weighted by Crippen LogP contribution is -2.51. The lowest BCUT2D eigenvalue weighted by atomic mass is 10.1. The topological polar surface area (TPSA) is 55.9 Å². The van der Waals surface area contributed by atoms with E-state index >= 15 is 0 Å². The summed E-state index contributed by atoms with van der Waals surface area (Å²) in [7, 11) is 3.92. The van der Waals surface area contributed by atoms with Gasteiger partial charge in [-0.15, -0.1) is 0 Å². The fourth-order valence-electron chi connectivity index (χ4n) is 3.09. The van der Waals surface area contributed by atoms with Gasteiger partial charge in [-0.3, -0.25) is 9.59 Å². The molecule has 1 N–H and O–H groups in total. The van der Waals surface area contributed by atoms with E-state index in [2.05, 4.69) is 10.2 Å². The zero-order chi connectivity index (χ0) is 18.0. The molecule has 25 heavy (non-hydrogen) atoms. The molecule has 6 nitrogen and oxygen atoms in total. The van der Waals surface area contributed by atoms with Gasteiger partial charge in [0, 0.05) is 45.0 Å². The molecule has 0 saturated carbocycles. The molecule has 0 atom stereocenters. The van der Waals surface area contributed by atoms with Crippen LogP contribution in [0.25, 0.3) is 0 Å². The Kier molecular flexibility index (Phi) is 5.03. The van der Waals surface area contributed by atoms with Gasteiger partial charge in [0.2, 0.25) is 0 Å². The number of nitrogens with zero attached hydrogens (tertiary/aromatic N) is 3. The predicted molar refractivity (Wildman–Crippen MR) is 99.2 cm³/mol. The Bertz CT molecular complexity index is 788. The number of hydrogen-bond acceptors (Lipinski definition) is 6. The van der Waals surface area contributed by atoms with E-state index in [9.17, 15) is 14.0 Å². The fraction of sp³-hybridized carbons (Fsp3) is 0.444. The van der Waals surface area contributed by atoms with Crippen molar-refractivity contribution in [2.75, 3.05) is 68.5 Å². The number of halogens is 1. The van der Waals surface area contributed by atoms with Crippen molar-refractivity contribution in [3.05, 3.63) is 50.5 Å². The van der Waals surface area contributed by atoms with E-state index in [1.807, 2.05) is 23.9 Å². The van der Waals surface area contributed by atoms with Crippen LogP contribution in [0.2, 0.25) is 0 Å². The second-order valence-corrected chi connectivity index (χ2v) is 6.56. The molecule has 0 aromatic heterocycles. The third kappa shape index (κ3) is 3.66. The van der Waals surface area contributed by atoms with Crippen LogP contribution < -0.4 is 26.0 Å². The molecule has 1 saturated heterocycles. The predicted octanol–water partition coefficient (Wildman–Crippen LogP) is 0.722. The van der Waals surface area contributed by atoms with Gasteiger partial charge in [0.1, 0.15) is 17.2 Å². The molecule has 0 spiro atoms.